The molecule has 0 saturated heterocycles. The van der Waals surface area contributed by atoms with E-state index >= 15 is 0 Å². The fourth-order valence-corrected chi connectivity index (χ4v) is 1.41. The first kappa shape index (κ1) is 11.5. The van der Waals surface area contributed by atoms with Crippen molar-refractivity contribution in [3.05, 3.63) is 36.7 Å². The van der Waals surface area contributed by atoms with Crippen LogP contribution in [0, 0.1) is 5.92 Å². The highest BCUT2D eigenvalue weighted by Crippen LogP contribution is 2.23. The minimum atomic E-state index is -0.620. The van der Waals surface area contributed by atoms with Gasteiger partial charge in [0.05, 0.1) is 13.2 Å². The van der Waals surface area contributed by atoms with Crippen LogP contribution in [0.2, 0.25) is 0 Å². The summed E-state index contributed by atoms with van der Waals surface area (Å²) in [6.07, 6.45) is 5.57. The number of methoxy groups -OCH3 is 1. The van der Waals surface area contributed by atoms with Gasteiger partial charge in [-0.3, -0.25) is 4.90 Å². The summed E-state index contributed by atoms with van der Waals surface area (Å²) in [5.74, 6) is -0.0362. The third-order valence-corrected chi connectivity index (χ3v) is 2.25. The van der Waals surface area contributed by atoms with Gasteiger partial charge in [0.25, 0.3) is 0 Å². The summed E-state index contributed by atoms with van der Waals surface area (Å²) >= 11 is 0. The molecule has 1 aliphatic heterocycles. The molecule has 0 aromatic heterocycles. The number of aliphatic hydroxyl groups is 1. The lowest BCUT2D eigenvalue weighted by Crippen LogP contribution is -2.26. The number of hydrogen-bond donors (Lipinski definition) is 1. The average molecular weight is 209 g/mol. The molecule has 1 heterocycles. The third-order valence-electron chi connectivity index (χ3n) is 2.25. The van der Waals surface area contributed by atoms with Crippen LogP contribution >= 0.6 is 0 Å². The smallest absolute Gasteiger partial charge is 0.417 e. The minimum absolute atomic E-state index is 0.0362. The molecule has 1 N–H and O–H groups in total. The van der Waals surface area contributed by atoms with E-state index in [-0.39, 0.29) is 5.92 Å². The van der Waals surface area contributed by atoms with Crippen LogP contribution in [0.25, 0.3) is 0 Å². The molecule has 0 aromatic rings. The topological polar surface area (TPSA) is 49.8 Å². The standard InChI is InChI=1S/C11H15NO3/c1-4-9-5-6-12(11(14)15-3)7-10(9)8(2)13/h4-9,13H,1H2,2-3H3/t8-,9+/m0/s1. The van der Waals surface area contributed by atoms with Crippen LogP contribution in [0.1, 0.15) is 6.92 Å². The molecule has 0 aliphatic carbocycles. The van der Waals surface area contributed by atoms with Gasteiger partial charge >= 0.3 is 6.09 Å². The van der Waals surface area contributed by atoms with Crippen LogP contribution in [-0.4, -0.2) is 29.3 Å². The highest BCUT2D eigenvalue weighted by molar-refractivity contribution is 5.70. The van der Waals surface area contributed by atoms with Crippen molar-refractivity contribution in [1.82, 2.24) is 4.90 Å². The molecule has 2 atom stereocenters. The average Bonchev–Trinajstić information content (AvgIpc) is 2.27. The molecule has 4 nitrogen and oxygen atoms in total. The Kier molecular flexibility index (Phi) is 3.68. The summed E-state index contributed by atoms with van der Waals surface area (Å²) in [7, 11) is 1.31. The molecule has 82 valence electrons. The van der Waals surface area contributed by atoms with Crippen molar-refractivity contribution >= 4 is 6.09 Å². The van der Waals surface area contributed by atoms with Gasteiger partial charge in [-0.1, -0.05) is 12.2 Å². The maximum absolute atomic E-state index is 11.2. The Labute approximate surface area is 89.1 Å². The predicted molar refractivity (Wildman–Crippen MR) is 56.8 cm³/mol. The van der Waals surface area contributed by atoms with E-state index in [1.54, 1.807) is 31.5 Å². The summed E-state index contributed by atoms with van der Waals surface area (Å²) in [6.45, 7) is 5.32. The van der Waals surface area contributed by atoms with Gasteiger partial charge < -0.3 is 9.84 Å². The lowest BCUT2D eigenvalue weighted by molar-refractivity contribution is 0.149. The molecule has 1 amide bonds. The van der Waals surface area contributed by atoms with Crippen molar-refractivity contribution < 1.29 is 14.6 Å². The Hall–Kier alpha value is -1.55. The van der Waals surface area contributed by atoms with Gasteiger partial charge in [0.1, 0.15) is 0 Å². The molecule has 1 rings (SSSR count). The number of ether oxygens (including phenoxy) is 1. The fraction of sp³-hybridized carbons (Fsp3) is 0.364. The maximum Gasteiger partial charge on any atom is 0.417 e. The highest BCUT2D eigenvalue weighted by Gasteiger charge is 2.21. The van der Waals surface area contributed by atoms with Crippen molar-refractivity contribution in [3.8, 4) is 0 Å². The van der Waals surface area contributed by atoms with E-state index in [2.05, 4.69) is 11.3 Å². The zero-order valence-electron chi connectivity index (χ0n) is 8.88. The molecule has 0 fully saturated rings. The van der Waals surface area contributed by atoms with E-state index in [0.29, 0.717) is 0 Å². The molecule has 0 aromatic carbocycles. The van der Waals surface area contributed by atoms with Gasteiger partial charge in [-0.25, -0.2) is 4.79 Å². The van der Waals surface area contributed by atoms with E-state index in [1.165, 1.54) is 12.0 Å². The largest absolute Gasteiger partial charge is 0.452 e. The van der Waals surface area contributed by atoms with E-state index < -0.39 is 12.2 Å². The first-order valence-electron chi connectivity index (χ1n) is 4.67. The van der Waals surface area contributed by atoms with Gasteiger partial charge in [-0.2, -0.15) is 0 Å². The van der Waals surface area contributed by atoms with Gasteiger partial charge in [0, 0.05) is 18.3 Å². The van der Waals surface area contributed by atoms with Crippen LogP contribution in [0.4, 0.5) is 4.79 Å². The number of carbonyl (C=O) groups is 1. The third kappa shape index (κ3) is 2.47. The summed E-state index contributed by atoms with van der Waals surface area (Å²) in [5, 5.41) is 9.52. The second-order valence-corrected chi connectivity index (χ2v) is 3.29. The molecule has 0 saturated carbocycles. The Morgan fingerprint density at radius 1 is 1.80 bits per heavy atom. The molecule has 1 aliphatic rings. The second-order valence-electron chi connectivity index (χ2n) is 3.29. The van der Waals surface area contributed by atoms with Gasteiger partial charge in [0.2, 0.25) is 0 Å². The normalized spacial score (nSPS) is 21.9. The number of carbonyl (C=O) groups excluding carboxylic acids is 1. The molecule has 0 unspecified atom stereocenters. The van der Waals surface area contributed by atoms with Crippen molar-refractivity contribution in [1.29, 1.82) is 0 Å². The van der Waals surface area contributed by atoms with Crippen LogP contribution in [0.5, 0.6) is 0 Å². The van der Waals surface area contributed by atoms with Crippen LogP contribution in [0.15, 0.2) is 36.7 Å². The Bertz CT molecular complexity index is 318. The molecule has 15 heavy (non-hydrogen) atoms. The first-order chi connectivity index (χ1) is 7.10. The number of allylic oxidation sites excluding steroid dienone is 2. The molecule has 0 bridgehead atoms. The number of rotatable bonds is 2. The number of aliphatic hydroxyl groups excluding tert-OH is 1. The summed E-state index contributed by atoms with van der Waals surface area (Å²) in [4.78, 5) is 12.5. The van der Waals surface area contributed by atoms with Gasteiger partial charge in [-0.15, -0.1) is 6.58 Å². The number of nitrogens with zero attached hydrogens (tertiary/aromatic N) is 1. The SMILES string of the molecule is C=C[C@@H]1C=CN(C(=O)OC)C=C1[C@H](C)O. The quantitative estimate of drug-likeness (QED) is 0.703. The lowest BCUT2D eigenvalue weighted by Gasteiger charge is -2.24. The number of hydrogen-bond acceptors (Lipinski definition) is 3. The molecular formula is C11H15NO3. The molecule has 0 radical (unpaired) electrons. The highest BCUT2D eigenvalue weighted by atomic mass is 16.5. The second kappa shape index (κ2) is 4.79. The monoisotopic (exact) mass is 209 g/mol. The van der Waals surface area contributed by atoms with E-state index in [0.717, 1.165) is 5.57 Å². The van der Waals surface area contributed by atoms with Crippen molar-refractivity contribution in [3.63, 3.8) is 0 Å². The molecule has 4 heteroatoms. The summed E-state index contributed by atoms with van der Waals surface area (Å²) in [5.41, 5.74) is 0.720. The van der Waals surface area contributed by atoms with Gasteiger partial charge in [0.15, 0.2) is 0 Å². The minimum Gasteiger partial charge on any atom is -0.452 e. The van der Waals surface area contributed by atoms with Gasteiger partial charge in [-0.05, 0) is 12.5 Å². The zero-order chi connectivity index (χ0) is 11.4. The Morgan fingerprint density at radius 2 is 2.47 bits per heavy atom. The summed E-state index contributed by atoms with van der Waals surface area (Å²) in [6, 6.07) is 0. The lowest BCUT2D eigenvalue weighted by atomic mass is 9.94. The Balaban J connectivity index is 2.92. The zero-order valence-corrected chi connectivity index (χ0v) is 8.88. The molecular weight excluding hydrogens is 194 g/mol. The first-order valence-corrected chi connectivity index (χ1v) is 4.67. The number of amides is 1. The predicted octanol–water partition coefficient (Wildman–Crippen LogP) is 1.65. The van der Waals surface area contributed by atoms with Crippen LogP contribution in [-0.2, 0) is 4.74 Å². The summed E-state index contributed by atoms with van der Waals surface area (Å²) < 4.78 is 4.57. The van der Waals surface area contributed by atoms with Crippen LogP contribution in [0.3, 0.4) is 0 Å². The fourth-order valence-electron chi connectivity index (χ4n) is 1.41. The van der Waals surface area contributed by atoms with Crippen LogP contribution < -0.4 is 0 Å². The van der Waals surface area contributed by atoms with E-state index in [4.69, 9.17) is 0 Å². The van der Waals surface area contributed by atoms with Crippen molar-refractivity contribution in [2.24, 2.45) is 5.92 Å². The van der Waals surface area contributed by atoms with E-state index in [9.17, 15) is 9.90 Å². The van der Waals surface area contributed by atoms with E-state index in [1.807, 2.05) is 0 Å². The maximum atomic E-state index is 11.2. The Morgan fingerprint density at radius 3 is 2.93 bits per heavy atom. The van der Waals surface area contributed by atoms with Crippen molar-refractivity contribution in [2.75, 3.05) is 7.11 Å². The van der Waals surface area contributed by atoms with Crippen molar-refractivity contribution in [2.45, 2.75) is 13.0 Å². The molecule has 0 spiro atoms.